The molecule has 2 rings (SSSR count). The van der Waals surface area contributed by atoms with Crippen LogP contribution in [0.4, 0.5) is 4.79 Å². The highest BCUT2D eigenvalue weighted by molar-refractivity contribution is 6.35. The number of amides is 3. The number of hydrogen-bond donors (Lipinski definition) is 3. The molecular formula is C18H29N5O4. The lowest BCUT2D eigenvalue weighted by Gasteiger charge is -2.33. The highest BCUT2D eigenvalue weighted by Crippen LogP contribution is 2.19. The first-order valence-corrected chi connectivity index (χ1v) is 9.26. The van der Waals surface area contributed by atoms with Gasteiger partial charge in [-0.3, -0.25) is 14.7 Å². The lowest BCUT2D eigenvalue weighted by atomic mass is 9.97. The molecule has 1 fully saturated rings. The van der Waals surface area contributed by atoms with Crippen molar-refractivity contribution in [3.63, 3.8) is 0 Å². The minimum Gasteiger partial charge on any atom is -0.444 e. The van der Waals surface area contributed by atoms with Crippen molar-refractivity contribution in [1.82, 2.24) is 25.7 Å². The molecule has 150 valence electrons. The Morgan fingerprint density at radius 2 is 1.89 bits per heavy atom. The fourth-order valence-corrected chi connectivity index (χ4v) is 2.78. The van der Waals surface area contributed by atoms with Crippen LogP contribution in [-0.4, -0.2) is 64.8 Å². The first kappa shape index (κ1) is 20.7. The number of nitrogens with zero attached hydrogens (tertiary/aromatic N) is 2. The number of ether oxygens (including phenoxy) is 1. The summed E-state index contributed by atoms with van der Waals surface area (Å²) in [5.41, 5.74) is 0.458. The van der Waals surface area contributed by atoms with Gasteiger partial charge < -0.3 is 20.3 Å². The summed E-state index contributed by atoms with van der Waals surface area (Å²) in [5, 5.41) is 11.8. The van der Waals surface area contributed by atoms with Crippen LogP contribution >= 0.6 is 0 Å². The van der Waals surface area contributed by atoms with E-state index in [2.05, 4.69) is 20.8 Å². The van der Waals surface area contributed by atoms with Gasteiger partial charge in [0.15, 0.2) is 0 Å². The van der Waals surface area contributed by atoms with Crippen molar-refractivity contribution in [2.24, 2.45) is 5.92 Å². The Morgan fingerprint density at radius 1 is 1.22 bits per heavy atom. The summed E-state index contributed by atoms with van der Waals surface area (Å²) in [5.74, 6) is -1.02. The quantitative estimate of drug-likeness (QED) is 0.655. The third-order valence-electron chi connectivity index (χ3n) is 4.28. The number of likely N-dealkylation sites (tertiary alicyclic amines) is 1. The molecule has 9 nitrogen and oxygen atoms in total. The number of H-pyrrole nitrogens is 1. The number of rotatable bonds is 5. The summed E-state index contributed by atoms with van der Waals surface area (Å²) in [6.45, 7) is 7.50. The molecule has 1 aromatic rings. The van der Waals surface area contributed by atoms with E-state index >= 15 is 0 Å². The van der Waals surface area contributed by atoms with Crippen LogP contribution in [0.5, 0.6) is 0 Å². The lowest BCUT2D eigenvalue weighted by Crippen LogP contribution is -2.46. The molecule has 9 heteroatoms. The maximum Gasteiger partial charge on any atom is 0.410 e. The number of nitrogens with one attached hydrogen (secondary N) is 3. The summed E-state index contributed by atoms with van der Waals surface area (Å²) in [7, 11) is 0. The molecule has 0 unspecified atom stereocenters. The standard InChI is InChI=1S/C18H29N5O4/c1-18(2,3)27-17(26)23-8-5-13(6-9-23)10-20-16(25)15(24)19-7-4-14-11-21-22-12-14/h11-13H,4-10H2,1-3H3,(H,19,24)(H,20,25)(H,21,22). The molecule has 0 atom stereocenters. The van der Waals surface area contributed by atoms with Crippen molar-refractivity contribution >= 4 is 17.9 Å². The molecule has 0 bridgehead atoms. The molecule has 1 aromatic heterocycles. The predicted molar refractivity (Wildman–Crippen MR) is 98.8 cm³/mol. The largest absolute Gasteiger partial charge is 0.444 e. The summed E-state index contributed by atoms with van der Waals surface area (Å²) in [4.78, 5) is 37.4. The Kier molecular flexibility index (Phi) is 7.20. The summed E-state index contributed by atoms with van der Waals surface area (Å²) >= 11 is 0. The second kappa shape index (κ2) is 9.38. The van der Waals surface area contributed by atoms with Crippen LogP contribution < -0.4 is 10.6 Å². The monoisotopic (exact) mass is 379 g/mol. The zero-order chi connectivity index (χ0) is 19.9. The molecule has 27 heavy (non-hydrogen) atoms. The SMILES string of the molecule is CC(C)(C)OC(=O)N1CCC(CNC(=O)C(=O)NCCc2cn[nH]c2)CC1. The molecule has 0 aromatic carbocycles. The van der Waals surface area contributed by atoms with Crippen LogP contribution in [-0.2, 0) is 20.7 Å². The molecule has 1 saturated heterocycles. The predicted octanol–water partition coefficient (Wildman–Crippen LogP) is 0.832. The summed E-state index contributed by atoms with van der Waals surface area (Å²) in [6.07, 6.45) is 5.26. The van der Waals surface area contributed by atoms with Gasteiger partial charge in [-0.2, -0.15) is 5.10 Å². The van der Waals surface area contributed by atoms with E-state index in [9.17, 15) is 14.4 Å². The molecule has 2 heterocycles. The van der Waals surface area contributed by atoms with Crippen molar-refractivity contribution in [3.8, 4) is 0 Å². The molecule has 1 aliphatic rings. The third kappa shape index (κ3) is 7.28. The van der Waals surface area contributed by atoms with Gasteiger partial charge in [0.2, 0.25) is 0 Å². The van der Waals surface area contributed by atoms with E-state index in [1.54, 1.807) is 17.3 Å². The summed E-state index contributed by atoms with van der Waals surface area (Å²) < 4.78 is 5.36. The molecule has 0 spiro atoms. The lowest BCUT2D eigenvalue weighted by molar-refractivity contribution is -0.139. The van der Waals surface area contributed by atoms with Gasteiger partial charge in [-0.25, -0.2) is 4.79 Å². The second-order valence-corrected chi connectivity index (χ2v) is 7.73. The Labute approximate surface area is 159 Å². The smallest absolute Gasteiger partial charge is 0.410 e. The second-order valence-electron chi connectivity index (χ2n) is 7.73. The number of carbonyl (C=O) groups is 3. The Balaban J connectivity index is 1.62. The molecule has 0 radical (unpaired) electrons. The fourth-order valence-electron chi connectivity index (χ4n) is 2.78. The van der Waals surface area contributed by atoms with E-state index in [1.165, 1.54) is 0 Å². The zero-order valence-corrected chi connectivity index (χ0v) is 16.2. The number of aromatic amines is 1. The minimum atomic E-state index is -0.635. The highest BCUT2D eigenvalue weighted by atomic mass is 16.6. The van der Waals surface area contributed by atoms with Gasteiger partial charge in [0, 0.05) is 32.4 Å². The fraction of sp³-hybridized carbons (Fsp3) is 0.667. The maximum atomic E-state index is 12.0. The van der Waals surface area contributed by atoms with Gasteiger partial charge >= 0.3 is 17.9 Å². The third-order valence-corrected chi connectivity index (χ3v) is 4.28. The van der Waals surface area contributed by atoms with E-state index in [0.29, 0.717) is 32.6 Å². The molecule has 3 N–H and O–H groups in total. The van der Waals surface area contributed by atoms with Crippen LogP contribution in [0.15, 0.2) is 12.4 Å². The van der Waals surface area contributed by atoms with Gasteiger partial charge in [0.05, 0.1) is 6.20 Å². The molecule has 3 amide bonds. The Hall–Kier alpha value is -2.58. The van der Waals surface area contributed by atoms with E-state index in [0.717, 1.165) is 18.4 Å². The van der Waals surface area contributed by atoms with Crippen LogP contribution in [0.25, 0.3) is 0 Å². The first-order valence-electron chi connectivity index (χ1n) is 9.26. The number of aromatic nitrogens is 2. The molecule has 1 aliphatic heterocycles. The minimum absolute atomic E-state index is 0.242. The number of piperidine rings is 1. The van der Waals surface area contributed by atoms with Crippen LogP contribution in [0.2, 0.25) is 0 Å². The molecule has 0 saturated carbocycles. The van der Waals surface area contributed by atoms with Gasteiger partial charge in [0.25, 0.3) is 0 Å². The van der Waals surface area contributed by atoms with Gasteiger partial charge in [-0.1, -0.05) is 0 Å². The number of carbonyl (C=O) groups excluding carboxylic acids is 3. The van der Waals surface area contributed by atoms with Crippen molar-refractivity contribution in [2.45, 2.75) is 45.6 Å². The topological polar surface area (TPSA) is 116 Å². The Morgan fingerprint density at radius 3 is 2.48 bits per heavy atom. The van der Waals surface area contributed by atoms with E-state index in [4.69, 9.17) is 4.74 Å². The average Bonchev–Trinajstić information content (AvgIpc) is 3.12. The van der Waals surface area contributed by atoms with Crippen LogP contribution in [0.1, 0.15) is 39.2 Å². The van der Waals surface area contributed by atoms with Crippen molar-refractivity contribution < 1.29 is 19.1 Å². The summed E-state index contributed by atoms with van der Waals surface area (Å²) in [6, 6.07) is 0. The van der Waals surface area contributed by atoms with E-state index in [1.807, 2.05) is 20.8 Å². The van der Waals surface area contributed by atoms with Crippen molar-refractivity contribution in [2.75, 3.05) is 26.2 Å². The zero-order valence-electron chi connectivity index (χ0n) is 16.2. The van der Waals surface area contributed by atoms with Crippen molar-refractivity contribution in [1.29, 1.82) is 0 Å². The molecular weight excluding hydrogens is 350 g/mol. The van der Waals surface area contributed by atoms with E-state index in [-0.39, 0.29) is 12.0 Å². The van der Waals surface area contributed by atoms with Crippen LogP contribution in [0.3, 0.4) is 0 Å². The van der Waals surface area contributed by atoms with Gasteiger partial charge in [0.1, 0.15) is 5.60 Å². The highest BCUT2D eigenvalue weighted by Gasteiger charge is 2.27. The Bertz CT molecular complexity index is 631. The van der Waals surface area contributed by atoms with Gasteiger partial charge in [-0.05, 0) is 51.5 Å². The number of hydrogen-bond acceptors (Lipinski definition) is 5. The first-order chi connectivity index (χ1) is 12.7. The normalized spacial score (nSPS) is 15.3. The van der Waals surface area contributed by atoms with Crippen molar-refractivity contribution in [3.05, 3.63) is 18.0 Å². The van der Waals surface area contributed by atoms with Crippen LogP contribution in [0, 0.1) is 5.92 Å². The van der Waals surface area contributed by atoms with E-state index < -0.39 is 17.4 Å². The average molecular weight is 379 g/mol. The maximum absolute atomic E-state index is 12.0. The van der Waals surface area contributed by atoms with Gasteiger partial charge in [-0.15, -0.1) is 0 Å². The molecule has 0 aliphatic carbocycles.